The summed E-state index contributed by atoms with van der Waals surface area (Å²) in [6.45, 7) is 6.74. The van der Waals surface area contributed by atoms with Crippen LogP contribution in [0, 0.1) is 13.8 Å². The average Bonchev–Trinajstić information content (AvgIpc) is 2.38. The van der Waals surface area contributed by atoms with E-state index in [1.165, 1.54) is 4.31 Å². The van der Waals surface area contributed by atoms with Gasteiger partial charge in [-0.1, -0.05) is 18.5 Å². The number of nitrogens with zero attached hydrogens (tertiary/aromatic N) is 1. The molecular weight excluding hydrogens is 298 g/mol. The zero-order valence-electron chi connectivity index (χ0n) is 12.4. The SMILES string of the molecule is CCCN(CCOC)S(=O)(=O)c1cc(C)c(Cl)cc1C. The molecule has 4 nitrogen and oxygen atoms in total. The molecule has 1 rings (SSSR count). The van der Waals surface area contributed by atoms with E-state index in [-0.39, 0.29) is 0 Å². The lowest BCUT2D eigenvalue weighted by Gasteiger charge is -2.22. The summed E-state index contributed by atoms with van der Waals surface area (Å²) >= 11 is 6.03. The maximum atomic E-state index is 12.7. The van der Waals surface area contributed by atoms with Gasteiger partial charge in [0.2, 0.25) is 10.0 Å². The second kappa shape index (κ2) is 7.41. The standard InChI is InChI=1S/C14H22ClNO3S/c1-5-6-16(7-8-19-4)20(17,18)14-10-11(2)13(15)9-12(14)3/h9-10H,5-8H2,1-4H3. The van der Waals surface area contributed by atoms with Crippen LogP contribution in [0.4, 0.5) is 0 Å². The largest absolute Gasteiger partial charge is 0.383 e. The van der Waals surface area contributed by atoms with Gasteiger partial charge in [0.15, 0.2) is 0 Å². The molecule has 0 N–H and O–H groups in total. The topological polar surface area (TPSA) is 46.6 Å². The first-order chi connectivity index (χ1) is 9.34. The Hall–Kier alpha value is -0.620. The Morgan fingerprint density at radius 2 is 1.85 bits per heavy atom. The van der Waals surface area contributed by atoms with Crippen molar-refractivity contribution >= 4 is 21.6 Å². The normalized spacial score (nSPS) is 12.1. The number of hydrogen-bond acceptors (Lipinski definition) is 3. The smallest absolute Gasteiger partial charge is 0.243 e. The van der Waals surface area contributed by atoms with E-state index in [2.05, 4.69) is 0 Å². The number of ether oxygens (including phenoxy) is 1. The highest BCUT2D eigenvalue weighted by Crippen LogP contribution is 2.26. The van der Waals surface area contributed by atoms with E-state index < -0.39 is 10.0 Å². The fourth-order valence-electron chi connectivity index (χ4n) is 1.97. The molecule has 0 aliphatic carbocycles. The number of benzene rings is 1. The second-order valence-electron chi connectivity index (χ2n) is 4.76. The van der Waals surface area contributed by atoms with E-state index in [9.17, 15) is 8.42 Å². The minimum Gasteiger partial charge on any atom is -0.383 e. The lowest BCUT2D eigenvalue weighted by molar-refractivity contribution is 0.179. The number of aryl methyl sites for hydroxylation is 2. The predicted octanol–water partition coefficient (Wildman–Crippen LogP) is 3.00. The first-order valence-corrected chi connectivity index (χ1v) is 8.42. The Morgan fingerprint density at radius 1 is 1.20 bits per heavy atom. The average molecular weight is 320 g/mol. The van der Waals surface area contributed by atoms with Gasteiger partial charge >= 0.3 is 0 Å². The molecule has 0 saturated carbocycles. The van der Waals surface area contributed by atoms with Gasteiger partial charge in [0, 0.05) is 25.2 Å². The molecule has 0 fully saturated rings. The summed E-state index contributed by atoms with van der Waals surface area (Å²) in [6, 6.07) is 3.34. The molecule has 0 heterocycles. The van der Waals surface area contributed by atoms with Crippen molar-refractivity contribution in [2.24, 2.45) is 0 Å². The van der Waals surface area contributed by atoms with Crippen molar-refractivity contribution in [3.63, 3.8) is 0 Å². The third-order valence-electron chi connectivity index (χ3n) is 3.09. The molecular formula is C14H22ClNO3S. The highest BCUT2D eigenvalue weighted by Gasteiger charge is 2.25. The molecule has 1 aromatic rings. The molecule has 0 saturated heterocycles. The molecule has 0 spiro atoms. The summed E-state index contributed by atoms with van der Waals surface area (Å²) in [6.07, 6.45) is 0.758. The predicted molar refractivity (Wildman–Crippen MR) is 81.9 cm³/mol. The Balaban J connectivity index is 3.22. The van der Waals surface area contributed by atoms with Gasteiger partial charge in [0.1, 0.15) is 0 Å². The quantitative estimate of drug-likeness (QED) is 0.776. The van der Waals surface area contributed by atoms with Gasteiger partial charge in [-0.2, -0.15) is 4.31 Å². The summed E-state index contributed by atoms with van der Waals surface area (Å²) in [5, 5.41) is 0.584. The van der Waals surface area contributed by atoms with Gasteiger partial charge in [-0.3, -0.25) is 0 Å². The molecule has 0 amide bonds. The summed E-state index contributed by atoms with van der Waals surface area (Å²) in [5.41, 5.74) is 1.43. The highest BCUT2D eigenvalue weighted by molar-refractivity contribution is 7.89. The molecule has 114 valence electrons. The maximum absolute atomic E-state index is 12.7. The van der Waals surface area contributed by atoms with E-state index in [1.807, 2.05) is 6.92 Å². The van der Waals surface area contributed by atoms with Gasteiger partial charge in [-0.05, 0) is 43.5 Å². The van der Waals surface area contributed by atoms with Crippen LogP contribution in [0.5, 0.6) is 0 Å². The molecule has 0 bridgehead atoms. The van der Waals surface area contributed by atoms with Crippen molar-refractivity contribution in [1.82, 2.24) is 4.31 Å². The van der Waals surface area contributed by atoms with Crippen LogP contribution in [0.1, 0.15) is 24.5 Å². The molecule has 0 atom stereocenters. The van der Waals surface area contributed by atoms with Crippen molar-refractivity contribution in [2.45, 2.75) is 32.1 Å². The number of hydrogen-bond donors (Lipinski definition) is 0. The van der Waals surface area contributed by atoms with Crippen LogP contribution < -0.4 is 0 Å². The fraction of sp³-hybridized carbons (Fsp3) is 0.571. The van der Waals surface area contributed by atoms with E-state index in [0.29, 0.717) is 35.2 Å². The third-order valence-corrected chi connectivity index (χ3v) is 5.54. The van der Waals surface area contributed by atoms with E-state index in [0.717, 1.165) is 12.0 Å². The zero-order valence-corrected chi connectivity index (χ0v) is 14.0. The molecule has 20 heavy (non-hydrogen) atoms. The molecule has 0 aliphatic heterocycles. The van der Waals surface area contributed by atoms with Crippen LogP contribution in [0.15, 0.2) is 17.0 Å². The van der Waals surface area contributed by atoms with Crippen molar-refractivity contribution in [2.75, 3.05) is 26.8 Å². The van der Waals surface area contributed by atoms with Crippen LogP contribution in [0.2, 0.25) is 5.02 Å². The molecule has 0 unspecified atom stereocenters. The maximum Gasteiger partial charge on any atom is 0.243 e. The van der Waals surface area contributed by atoms with Crippen LogP contribution in [-0.2, 0) is 14.8 Å². The zero-order chi connectivity index (χ0) is 15.3. The minimum atomic E-state index is -3.51. The summed E-state index contributed by atoms with van der Waals surface area (Å²) < 4.78 is 31.9. The summed E-state index contributed by atoms with van der Waals surface area (Å²) in [5.74, 6) is 0. The Labute approximate surface area is 126 Å². The summed E-state index contributed by atoms with van der Waals surface area (Å²) in [4.78, 5) is 0.323. The van der Waals surface area contributed by atoms with E-state index in [4.69, 9.17) is 16.3 Å². The molecule has 0 aromatic heterocycles. The molecule has 0 radical (unpaired) electrons. The molecule has 1 aromatic carbocycles. The van der Waals surface area contributed by atoms with Gasteiger partial charge in [0.25, 0.3) is 0 Å². The van der Waals surface area contributed by atoms with Crippen molar-refractivity contribution in [1.29, 1.82) is 0 Å². The number of halogens is 1. The summed E-state index contributed by atoms with van der Waals surface area (Å²) in [7, 11) is -1.95. The number of methoxy groups -OCH3 is 1. The van der Waals surface area contributed by atoms with Gasteiger partial charge < -0.3 is 4.74 Å². The second-order valence-corrected chi connectivity index (χ2v) is 7.08. The monoisotopic (exact) mass is 319 g/mol. The van der Waals surface area contributed by atoms with Crippen molar-refractivity contribution < 1.29 is 13.2 Å². The van der Waals surface area contributed by atoms with Crippen molar-refractivity contribution in [3.05, 3.63) is 28.3 Å². The first kappa shape index (κ1) is 17.4. The van der Waals surface area contributed by atoms with Crippen molar-refractivity contribution in [3.8, 4) is 0 Å². The van der Waals surface area contributed by atoms with Crippen LogP contribution in [-0.4, -0.2) is 39.5 Å². The van der Waals surface area contributed by atoms with E-state index in [1.54, 1.807) is 33.1 Å². The highest BCUT2D eigenvalue weighted by atomic mass is 35.5. The van der Waals surface area contributed by atoms with Crippen LogP contribution in [0.3, 0.4) is 0 Å². The Morgan fingerprint density at radius 3 is 2.40 bits per heavy atom. The van der Waals surface area contributed by atoms with Gasteiger partial charge in [0.05, 0.1) is 11.5 Å². The lowest BCUT2D eigenvalue weighted by Crippen LogP contribution is -2.35. The van der Waals surface area contributed by atoms with Crippen LogP contribution in [0.25, 0.3) is 0 Å². The van der Waals surface area contributed by atoms with Gasteiger partial charge in [-0.15, -0.1) is 0 Å². The number of rotatable bonds is 7. The number of sulfonamides is 1. The fourth-order valence-corrected chi connectivity index (χ4v) is 3.99. The first-order valence-electron chi connectivity index (χ1n) is 6.60. The Bertz CT molecular complexity index is 558. The minimum absolute atomic E-state index is 0.323. The molecule has 6 heteroatoms. The third kappa shape index (κ3) is 3.95. The van der Waals surface area contributed by atoms with Gasteiger partial charge in [-0.25, -0.2) is 8.42 Å². The van der Waals surface area contributed by atoms with E-state index >= 15 is 0 Å². The molecule has 0 aliphatic rings. The lowest BCUT2D eigenvalue weighted by atomic mass is 10.2. The van der Waals surface area contributed by atoms with Crippen LogP contribution >= 0.6 is 11.6 Å². The Kier molecular flexibility index (Phi) is 6.45.